The number of aromatic amines is 1. The lowest BCUT2D eigenvalue weighted by atomic mass is 10.1. The summed E-state index contributed by atoms with van der Waals surface area (Å²) in [6.07, 6.45) is -0.801. The summed E-state index contributed by atoms with van der Waals surface area (Å²) in [5.41, 5.74) is 6.16. The summed E-state index contributed by atoms with van der Waals surface area (Å²) in [5.74, 6) is 0. The molecule has 1 heterocycles. The van der Waals surface area contributed by atoms with Crippen molar-refractivity contribution in [1.82, 2.24) is 10.3 Å². The molecule has 100 valence electrons. The van der Waals surface area contributed by atoms with Crippen LogP contribution >= 0.6 is 0 Å². The monoisotopic (exact) mass is 261 g/mol. The van der Waals surface area contributed by atoms with E-state index in [0.717, 1.165) is 10.9 Å². The highest BCUT2D eigenvalue weighted by Crippen LogP contribution is 2.09. The van der Waals surface area contributed by atoms with Gasteiger partial charge in [0.2, 0.25) is 0 Å². The minimum absolute atomic E-state index is 0.123. The summed E-state index contributed by atoms with van der Waals surface area (Å²) in [4.78, 5) is 25.0. The van der Waals surface area contributed by atoms with Crippen LogP contribution in [0.3, 0.4) is 0 Å². The highest BCUT2D eigenvalue weighted by Gasteiger charge is 2.02. The van der Waals surface area contributed by atoms with Crippen molar-refractivity contribution in [2.45, 2.75) is 6.54 Å². The van der Waals surface area contributed by atoms with Crippen LogP contribution in [0.5, 0.6) is 0 Å². The highest BCUT2D eigenvalue weighted by atomic mass is 16.5. The van der Waals surface area contributed by atoms with Crippen LogP contribution in [0.25, 0.3) is 10.9 Å². The van der Waals surface area contributed by atoms with Crippen LogP contribution in [0.1, 0.15) is 5.56 Å². The number of nitrogens with two attached hydrogens (primary N) is 1. The van der Waals surface area contributed by atoms with E-state index in [1.807, 2.05) is 30.3 Å². The quantitative estimate of drug-likeness (QED) is 0.690. The molecule has 2 rings (SSSR count). The van der Waals surface area contributed by atoms with Gasteiger partial charge in [-0.25, -0.2) is 4.79 Å². The van der Waals surface area contributed by atoms with E-state index in [9.17, 15) is 9.59 Å². The Morgan fingerprint density at radius 2 is 2.16 bits per heavy atom. The average molecular weight is 261 g/mol. The van der Waals surface area contributed by atoms with Crippen LogP contribution in [0, 0.1) is 0 Å². The molecule has 0 aliphatic heterocycles. The van der Waals surface area contributed by atoms with Gasteiger partial charge in [0.1, 0.15) is 6.61 Å². The van der Waals surface area contributed by atoms with E-state index in [-0.39, 0.29) is 12.2 Å². The molecule has 1 aromatic heterocycles. The summed E-state index contributed by atoms with van der Waals surface area (Å²) in [7, 11) is 0. The first-order valence-corrected chi connectivity index (χ1v) is 5.91. The first-order chi connectivity index (χ1) is 9.16. The molecule has 0 unspecified atom stereocenters. The zero-order valence-corrected chi connectivity index (χ0v) is 10.3. The minimum Gasteiger partial charge on any atom is -0.448 e. The maximum atomic E-state index is 11.8. The summed E-state index contributed by atoms with van der Waals surface area (Å²) in [5, 5.41) is 3.99. The molecular weight excluding hydrogens is 246 g/mol. The number of nitrogens with one attached hydrogen (secondary N) is 2. The van der Waals surface area contributed by atoms with Crippen molar-refractivity contribution in [2.75, 3.05) is 13.2 Å². The van der Waals surface area contributed by atoms with Gasteiger partial charge in [-0.1, -0.05) is 18.2 Å². The van der Waals surface area contributed by atoms with Crippen molar-refractivity contribution < 1.29 is 9.53 Å². The van der Waals surface area contributed by atoms with E-state index in [2.05, 4.69) is 15.0 Å². The number of aromatic nitrogens is 1. The molecule has 0 spiro atoms. The Morgan fingerprint density at radius 1 is 1.37 bits per heavy atom. The van der Waals surface area contributed by atoms with E-state index >= 15 is 0 Å². The van der Waals surface area contributed by atoms with Gasteiger partial charge >= 0.3 is 6.09 Å². The van der Waals surface area contributed by atoms with Crippen LogP contribution in [-0.2, 0) is 11.3 Å². The molecular formula is C13H15N3O3. The Bertz CT molecular complexity index is 636. The number of benzene rings is 1. The molecule has 0 saturated heterocycles. The molecule has 0 saturated carbocycles. The first-order valence-electron chi connectivity index (χ1n) is 5.91. The van der Waals surface area contributed by atoms with Gasteiger partial charge in [-0.05, 0) is 17.5 Å². The van der Waals surface area contributed by atoms with Crippen LogP contribution in [0.2, 0.25) is 0 Å². The molecule has 1 aromatic carbocycles. The first kappa shape index (κ1) is 13.1. The number of primary amides is 1. The number of H-pyrrole nitrogens is 1. The molecule has 2 aromatic rings. The topological polar surface area (TPSA) is 97.2 Å². The van der Waals surface area contributed by atoms with Crippen LogP contribution in [0.15, 0.2) is 35.1 Å². The Hall–Kier alpha value is -2.34. The Kier molecular flexibility index (Phi) is 4.15. The van der Waals surface area contributed by atoms with Crippen molar-refractivity contribution >= 4 is 17.0 Å². The normalized spacial score (nSPS) is 10.5. The number of hydrogen-bond acceptors (Lipinski definition) is 4. The smallest absolute Gasteiger partial charge is 0.404 e. The maximum Gasteiger partial charge on any atom is 0.404 e. The molecule has 1 amide bonds. The lowest BCUT2D eigenvalue weighted by Crippen LogP contribution is -2.26. The van der Waals surface area contributed by atoms with Gasteiger partial charge in [-0.15, -0.1) is 0 Å². The van der Waals surface area contributed by atoms with E-state index < -0.39 is 6.09 Å². The Morgan fingerprint density at radius 3 is 2.95 bits per heavy atom. The third-order valence-electron chi connectivity index (χ3n) is 2.67. The van der Waals surface area contributed by atoms with Crippen LogP contribution in [0.4, 0.5) is 4.79 Å². The van der Waals surface area contributed by atoms with Crippen molar-refractivity contribution in [3.63, 3.8) is 0 Å². The Labute approximate surface area is 109 Å². The molecule has 19 heavy (non-hydrogen) atoms. The molecule has 0 radical (unpaired) electrons. The van der Waals surface area contributed by atoms with Crippen LogP contribution in [-0.4, -0.2) is 24.2 Å². The van der Waals surface area contributed by atoms with E-state index in [1.54, 1.807) is 0 Å². The predicted octanol–water partition coefficient (Wildman–Crippen LogP) is 0.713. The second-order valence-electron chi connectivity index (χ2n) is 4.06. The van der Waals surface area contributed by atoms with E-state index in [0.29, 0.717) is 18.7 Å². The van der Waals surface area contributed by atoms with Crippen molar-refractivity contribution in [1.29, 1.82) is 0 Å². The second kappa shape index (κ2) is 6.01. The lowest BCUT2D eigenvalue weighted by Gasteiger charge is -2.05. The third-order valence-corrected chi connectivity index (χ3v) is 2.67. The van der Waals surface area contributed by atoms with Crippen molar-refractivity contribution in [3.8, 4) is 0 Å². The fourth-order valence-electron chi connectivity index (χ4n) is 1.77. The molecule has 0 aliphatic carbocycles. The molecule has 0 atom stereocenters. The number of ether oxygens (including phenoxy) is 1. The second-order valence-corrected chi connectivity index (χ2v) is 4.06. The number of pyridine rings is 1. The molecule has 4 N–H and O–H groups in total. The van der Waals surface area contributed by atoms with Gasteiger partial charge in [0.25, 0.3) is 5.56 Å². The Balaban J connectivity index is 1.98. The zero-order chi connectivity index (χ0) is 13.7. The fourth-order valence-corrected chi connectivity index (χ4v) is 1.77. The van der Waals surface area contributed by atoms with Gasteiger partial charge in [-0.2, -0.15) is 0 Å². The SMILES string of the molecule is NC(=O)OCCNCc1cc2ccccc2[nH]c1=O. The number of carbonyl (C=O) groups is 1. The number of hydrogen-bond donors (Lipinski definition) is 3. The molecule has 6 nitrogen and oxygen atoms in total. The largest absolute Gasteiger partial charge is 0.448 e. The van der Waals surface area contributed by atoms with Gasteiger partial charge in [-0.3, -0.25) is 4.79 Å². The maximum absolute atomic E-state index is 11.8. The van der Waals surface area contributed by atoms with Crippen molar-refractivity contribution in [3.05, 3.63) is 46.2 Å². The number of fused-ring (bicyclic) bond motifs is 1. The lowest BCUT2D eigenvalue weighted by molar-refractivity contribution is 0.157. The molecule has 0 fully saturated rings. The molecule has 6 heteroatoms. The molecule has 0 bridgehead atoms. The van der Waals surface area contributed by atoms with E-state index in [4.69, 9.17) is 5.73 Å². The minimum atomic E-state index is -0.801. The van der Waals surface area contributed by atoms with Crippen molar-refractivity contribution in [2.24, 2.45) is 5.73 Å². The number of amides is 1. The number of carbonyl (C=O) groups excluding carboxylic acids is 1. The third kappa shape index (κ3) is 3.56. The average Bonchev–Trinajstić information content (AvgIpc) is 2.38. The summed E-state index contributed by atoms with van der Waals surface area (Å²) >= 11 is 0. The zero-order valence-electron chi connectivity index (χ0n) is 10.3. The predicted molar refractivity (Wildman–Crippen MR) is 71.8 cm³/mol. The molecule has 0 aliphatic rings. The number of para-hydroxylation sites is 1. The van der Waals surface area contributed by atoms with Crippen LogP contribution < -0.4 is 16.6 Å². The fraction of sp³-hybridized carbons (Fsp3) is 0.231. The summed E-state index contributed by atoms with van der Waals surface area (Å²) < 4.78 is 4.57. The standard InChI is InChI=1S/C13H15N3O3/c14-13(18)19-6-5-15-8-10-7-9-3-1-2-4-11(9)16-12(10)17/h1-4,7,15H,5-6,8H2,(H2,14,18)(H,16,17). The summed E-state index contributed by atoms with van der Waals surface area (Å²) in [6.45, 7) is 1.03. The summed E-state index contributed by atoms with van der Waals surface area (Å²) in [6, 6.07) is 9.42. The van der Waals surface area contributed by atoms with Gasteiger partial charge in [0.15, 0.2) is 0 Å². The van der Waals surface area contributed by atoms with Gasteiger partial charge in [0.05, 0.1) is 0 Å². The van der Waals surface area contributed by atoms with E-state index in [1.165, 1.54) is 0 Å². The van der Waals surface area contributed by atoms with Gasteiger partial charge < -0.3 is 20.8 Å². The van der Waals surface area contributed by atoms with Gasteiger partial charge in [0, 0.05) is 24.2 Å². The highest BCUT2D eigenvalue weighted by molar-refractivity contribution is 5.78. The number of rotatable bonds is 5.